The molecule has 0 aliphatic carbocycles. The van der Waals surface area contributed by atoms with Crippen LogP contribution < -0.4 is 5.32 Å². The minimum absolute atomic E-state index is 0.950. The molecular weight excluding hydrogens is 296 g/mol. The average Bonchev–Trinajstić information content (AvgIpc) is 2.10. The molecule has 0 aliphatic heterocycles. The molecule has 0 unspecified atom stereocenters. The third-order valence-electron chi connectivity index (χ3n) is 2.09. The van der Waals surface area contributed by atoms with E-state index in [1.54, 1.807) is 5.32 Å². The first-order valence-electron chi connectivity index (χ1n) is 5.43. The predicted molar refractivity (Wildman–Crippen MR) is 55.9 cm³/mol. The second-order valence-electron chi connectivity index (χ2n) is 5.03. The third-order valence-corrected chi connectivity index (χ3v) is 2.09. The van der Waals surface area contributed by atoms with Gasteiger partial charge in [0, 0.05) is 13.0 Å². The van der Waals surface area contributed by atoms with Crippen LogP contribution >= 0.6 is 0 Å². The van der Waals surface area contributed by atoms with E-state index < -0.39 is 42.6 Å². The van der Waals surface area contributed by atoms with Gasteiger partial charge in [0.05, 0.1) is 0 Å². The average molecular weight is 311 g/mol. The van der Waals surface area contributed by atoms with Crippen molar-refractivity contribution >= 4 is 6.09 Å². The van der Waals surface area contributed by atoms with E-state index in [9.17, 15) is 31.1 Å². The molecule has 4 nitrogen and oxygen atoms in total. The number of alkyl carbamates (subject to hydrolysis) is 1. The number of nitrogens with one attached hydrogen (secondary N) is 1. The molecule has 0 saturated carbocycles. The molecule has 1 amide bonds. The first-order valence-corrected chi connectivity index (χ1v) is 5.43. The lowest BCUT2D eigenvalue weighted by molar-refractivity contribution is -0.369. The molecule has 120 valence electrons. The number of halogens is 6. The fourth-order valence-corrected chi connectivity index (χ4v) is 1.10. The van der Waals surface area contributed by atoms with Crippen molar-refractivity contribution in [1.82, 2.24) is 5.32 Å². The summed E-state index contributed by atoms with van der Waals surface area (Å²) in [7, 11) is 0. The van der Waals surface area contributed by atoms with E-state index in [-0.39, 0.29) is 0 Å². The maximum atomic E-state index is 12.3. The molecule has 0 rings (SSSR count). The summed E-state index contributed by atoms with van der Waals surface area (Å²) in [6, 6.07) is 0. The summed E-state index contributed by atoms with van der Waals surface area (Å²) < 4.78 is 78.3. The van der Waals surface area contributed by atoms with Gasteiger partial charge in [-0.2, -0.15) is 26.3 Å². The number of carbonyl (C=O) groups excluding carboxylic acids is 1. The molecule has 10 heteroatoms. The molecule has 0 fully saturated rings. The molecule has 2 N–H and O–H groups in total. The van der Waals surface area contributed by atoms with Crippen LogP contribution in [0.25, 0.3) is 0 Å². The number of alkyl halides is 6. The molecule has 0 aromatic carbocycles. The summed E-state index contributed by atoms with van der Waals surface area (Å²) >= 11 is 0. The number of aliphatic hydroxyl groups is 1. The van der Waals surface area contributed by atoms with Crippen molar-refractivity contribution in [2.24, 2.45) is 0 Å². The van der Waals surface area contributed by atoms with Crippen molar-refractivity contribution < 1.29 is 41.0 Å². The fraction of sp³-hybridized carbons (Fsp3) is 0.900. The fourth-order valence-electron chi connectivity index (χ4n) is 1.10. The number of hydrogen-bond acceptors (Lipinski definition) is 3. The van der Waals surface area contributed by atoms with Crippen LogP contribution in [0.1, 0.15) is 27.2 Å². The van der Waals surface area contributed by atoms with E-state index in [1.807, 2.05) is 0 Å². The Hall–Kier alpha value is -1.19. The lowest BCUT2D eigenvalue weighted by Crippen LogP contribution is -2.58. The van der Waals surface area contributed by atoms with Crippen molar-refractivity contribution in [3.05, 3.63) is 0 Å². The monoisotopic (exact) mass is 311 g/mol. The van der Waals surface area contributed by atoms with Crippen LogP contribution in [-0.4, -0.2) is 41.3 Å². The van der Waals surface area contributed by atoms with Gasteiger partial charge in [0.1, 0.15) is 5.60 Å². The van der Waals surface area contributed by atoms with Gasteiger partial charge in [-0.1, -0.05) is 0 Å². The Kier molecular flexibility index (Phi) is 5.33. The summed E-state index contributed by atoms with van der Waals surface area (Å²) in [5.41, 5.74) is -5.83. The zero-order valence-corrected chi connectivity index (χ0v) is 10.9. The smallest absolute Gasteiger partial charge is 0.426 e. The lowest BCUT2D eigenvalue weighted by Gasteiger charge is -2.32. The van der Waals surface area contributed by atoms with Crippen LogP contribution in [0.5, 0.6) is 0 Å². The van der Waals surface area contributed by atoms with Crippen LogP contribution in [0.4, 0.5) is 31.1 Å². The quantitative estimate of drug-likeness (QED) is 0.788. The molecule has 0 bridgehead atoms. The summed E-state index contributed by atoms with van der Waals surface area (Å²) in [6.07, 6.45) is -14.7. The lowest BCUT2D eigenvalue weighted by atomic mass is 9.98. The zero-order chi connectivity index (χ0) is 16.4. The van der Waals surface area contributed by atoms with E-state index in [4.69, 9.17) is 5.11 Å². The van der Waals surface area contributed by atoms with Crippen molar-refractivity contribution in [2.45, 2.75) is 50.7 Å². The zero-order valence-electron chi connectivity index (χ0n) is 10.9. The maximum absolute atomic E-state index is 12.3. The Balaban J connectivity index is 4.65. The molecule has 20 heavy (non-hydrogen) atoms. The van der Waals surface area contributed by atoms with Gasteiger partial charge >= 0.3 is 18.4 Å². The molecule has 0 aromatic heterocycles. The van der Waals surface area contributed by atoms with Gasteiger partial charge in [0.25, 0.3) is 5.60 Å². The highest BCUT2D eigenvalue weighted by molar-refractivity contribution is 5.67. The third kappa shape index (κ3) is 5.06. The van der Waals surface area contributed by atoms with E-state index in [0.717, 1.165) is 0 Å². The van der Waals surface area contributed by atoms with E-state index in [0.29, 0.717) is 0 Å². The van der Waals surface area contributed by atoms with Crippen LogP contribution in [0, 0.1) is 0 Å². The normalized spacial score (nSPS) is 14.1. The number of hydrogen-bond donors (Lipinski definition) is 2. The second kappa shape index (κ2) is 5.66. The van der Waals surface area contributed by atoms with Gasteiger partial charge < -0.3 is 15.2 Å². The van der Waals surface area contributed by atoms with Crippen molar-refractivity contribution in [3.8, 4) is 0 Å². The van der Waals surface area contributed by atoms with Gasteiger partial charge in [-0.25, -0.2) is 4.79 Å². The van der Waals surface area contributed by atoms with Gasteiger partial charge in [-0.15, -0.1) is 0 Å². The molecule has 0 aromatic rings. The topological polar surface area (TPSA) is 58.6 Å². The SMILES string of the molecule is CC(C)(C)OC(=O)NCCC(O)(C(F)(F)F)C(F)(F)F. The number of rotatable bonds is 3. The van der Waals surface area contributed by atoms with Crippen molar-refractivity contribution in [1.29, 1.82) is 0 Å². The highest BCUT2D eigenvalue weighted by atomic mass is 19.4. The molecule has 0 spiro atoms. The molecule has 0 aliphatic rings. The van der Waals surface area contributed by atoms with Gasteiger partial charge in [-0.3, -0.25) is 0 Å². The molecular formula is C10H15F6NO3. The summed E-state index contributed by atoms with van der Waals surface area (Å²) in [6.45, 7) is 3.35. The molecule has 0 atom stereocenters. The highest BCUT2D eigenvalue weighted by Gasteiger charge is 2.69. The van der Waals surface area contributed by atoms with Crippen LogP contribution in [-0.2, 0) is 4.74 Å². The highest BCUT2D eigenvalue weighted by Crippen LogP contribution is 2.44. The Bertz CT molecular complexity index is 330. The van der Waals surface area contributed by atoms with Crippen molar-refractivity contribution in [2.75, 3.05) is 6.54 Å². The Morgan fingerprint density at radius 3 is 1.75 bits per heavy atom. The largest absolute Gasteiger partial charge is 0.444 e. The van der Waals surface area contributed by atoms with Crippen molar-refractivity contribution in [3.63, 3.8) is 0 Å². The second-order valence-corrected chi connectivity index (χ2v) is 5.03. The van der Waals surface area contributed by atoms with Gasteiger partial charge in [-0.05, 0) is 20.8 Å². The van der Waals surface area contributed by atoms with Gasteiger partial charge in [0.15, 0.2) is 0 Å². The molecule has 0 heterocycles. The summed E-state index contributed by atoms with van der Waals surface area (Å²) in [4.78, 5) is 11.1. The minimum atomic E-state index is -5.90. The molecule has 0 saturated heterocycles. The van der Waals surface area contributed by atoms with E-state index >= 15 is 0 Å². The Morgan fingerprint density at radius 2 is 1.45 bits per heavy atom. The maximum Gasteiger partial charge on any atom is 0.426 e. The van der Waals surface area contributed by atoms with E-state index in [2.05, 4.69) is 4.74 Å². The van der Waals surface area contributed by atoms with Crippen LogP contribution in [0.15, 0.2) is 0 Å². The number of carbonyl (C=O) groups is 1. The Morgan fingerprint density at radius 1 is 1.05 bits per heavy atom. The van der Waals surface area contributed by atoms with E-state index in [1.165, 1.54) is 20.8 Å². The first-order chi connectivity index (χ1) is 8.60. The summed E-state index contributed by atoms with van der Waals surface area (Å²) in [5.74, 6) is 0. The number of ether oxygens (including phenoxy) is 1. The predicted octanol–water partition coefficient (Wildman–Crippen LogP) is 2.76. The van der Waals surface area contributed by atoms with Crippen LogP contribution in [0.3, 0.4) is 0 Å². The van der Waals surface area contributed by atoms with Crippen LogP contribution in [0.2, 0.25) is 0 Å². The summed E-state index contributed by atoms with van der Waals surface area (Å²) in [5, 5.41) is 10.5. The Labute approximate surface area is 111 Å². The standard InChI is InChI=1S/C10H15F6NO3/c1-7(2,3)20-6(18)17-5-4-8(19,9(11,12)13)10(14,15)16/h19H,4-5H2,1-3H3,(H,17,18). The number of amides is 1. The van der Waals surface area contributed by atoms with Gasteiger partial charge in [0.2, 0.25) is 0 Å². The first kappa shape index (κ1) is 18.8. The molecule has 0 radical (unpaired) electrons. The minimum Gasteiger partial charge on any atom is -0.444 e.